The summed E-state index contributed by atoms with van der Waals surface area (Å²) >= 11 is 0. The molecule has 1 heterocycles. The van der Waals surface area contributed by atoms with Crippen LogP contribution in [0.4, 0.5) is 0 Å². The molecule has 0 aromatic carbocycles. The molecule has 0 amide bonds. The highest BCUT2D eigenvalue weighted by atomic mass is 16.7. The Hall–Kier alpha value is -1.06. The summed E-state index contributed by atoms with van der Waals surface area (Å²) in [5.41, 5.74) is 1.41. The molecule has 0 aromatic heterocycles. The van der Waals surface area contributed by atoms with Gasteiger partial charge in [-0.2, -0.15) is 0 Å². The summed E-state index contributed by atoms with van der Waals surface area (Å²) in [4.78, 5) is 0. The first-order valence-corrected chi connectivity index (χ1v) is 8.34. The Balaban J connectivity index is 1.83. The maximum atomic E-state index is 5.89. The highest BCUT2D eigenvalue weighted by Gasteiger charge is 2.52. The molecule has 3 rings (SSSR count). The lowest BCUT2D eigenvalue weighted by atomic mass is 9.54. The summed E-state index contributed by atoms with van der Waals surface area (Å²) in [5, 5.41) is 0. The Kier molecular flexibility index (Phi) is 3.98. The average Bonchev–Trinajstić information content (AvgIpc) is 2.97. The van der Waals surface area contributed by atoms with Gasteiger partial charge in [-0.15, -0.1) is 6.58 Å². The predicted molar refractivity (Wildman–Crippen MR) is 87.3 cm³/mol. The van der Waals surface area contributed by atoms with Crippen molar-refractivity contribution in [2.45, 2.75) is 51.7 Å². The van der Waals surface area contributed by atoms with Gasteiger partial charge < -0.3 is 14.2 Å². The molecule has 3 nitrogen and oxygen atoms in total. The van der Waals surface area contributed by atoms with Gasteiger partial charge in [0, 0.05) is 12.8 Å². The van der Waals surface area contributed by atoms with Crippen molar-refractivity contribution in [3.05, 3.63) is 36.1 Å². The molecule has 1 saturated carbocycles. The van der Waals surface area contributed by atoms with E-state index in [0.717, 1.165) is 51.1 Å². The maximum absolute atomic E-state index is 5.89. The summed E-state index contributed by atoms with van der Waals surface area (Å²) in [5.74, 6) is 0.690. The van der Waals surface area contributed by atoms with Crippen molar-refractivity contribution in [2.24, 2.45) is 10.8 Å². The van der Waals surface area contributed by atoms with Crippen molar-refractivity contribution in [3.8, 4) is 0 Å². The van der Waals surface area contributed by atoms with Gasteiger partial charge >= 0.3 is 0 Å². The standard InChI is InChI=1S/C19H28O3/c1-5-18(8-10-19(11-9-18)21-12-13-22-19)17(3)7-6-16(20-4)15(2)14-17/h5-6,14H,1,7-13H2,2-4H3. The first kappa shape index (κ1) is 15.8. The summed E-state index contributed by atoms with van der Waals surface area (Å²) in [6.45, 7) is 10.2. The Bertz CT molecular complexity index is 501. The fourth-order valence-electron chi connectivity index (χ4n) is 4.54. The van der Waals surface area contributed by atoms with Gasteiger partial charge in [0.15, 0.2) is 5.79 Å². The minimum absolute atomic E-state index is 0.0844. The highest BCUT2D eigenvalue weighted by molar-refractivity contribution is 5.34. The number of rotatable bonds is 3. The zero-order valence-electron chi connectivity index (χ0n) is 14.1. The number of ether oxygens (including phenoxy) is 3. The molecule has 1 unspecified atom stereocenters. The van der Waals surface area contributed by atoms with Crippen LogP contribution in [0.5, 0.6) is 0 Å². The summed E-state index contributed by atoms with van der Waals surface area (Å²) < 4.78 is 17.2. The SMILES string of the molecule is C=CC1(C2(C)C=C(C)C(OC)=CC2)CCC2(CC1)OCCO2. The smallest absolute Gasteiger partial charge is 0.168 e. The second kappa shape index (κ2) is 5.54. The molecule has 1 atom stereocenters. The highest BCUT2D eigenvalue weighted by Crippen LogP contribution is 2.58. The molecular weight excluding hydrogens is 276 g/mol. The zero-order chi connectivity index (χ0) is 15.8. The predicted octanol–water partition coefficient (Wildman–Crippen LogP) is 4.36. The quantitative estimate of drug-likeness (QED) is 0.725. The van der Waals surface area contributed by atoms with Crippen molar-refractivity contribution < 1.29 is 14.2 Å². The Morgan fingerprint density at radius 3 is 2.32 bits per heavy atom. The molecule has 2 fully saturated rings. The van der Waals surface area contributed by atoms with Crippen molar-refractivity contribution in [3.63, 3.8) is 0 Å². The first-order valence-electron chi connectivity index (χ1n) is 8.34. The van der Waals surface area contributed by atoms with E-state index in [2.05, 4.69) is 38.7 Å². The lowest BCUT2D eigenvalue weighted by Gasteiger charge is -2.52. The molecule has 0 bridgehead atoms. The molecule has 0 aromatic rings. The second-order valence-electron chi connectivity index (χ2n) is 7.19. The van der Waals surface area contributed by atoms with Crippen LogP contribution in [-0.4, -0.2) is 26.1 Å². The van der Waals surface area contributed by atoms with Crippen LogP contribution in [0.25, 0.3) is 0 Å². The summed E-state index contributed by atoms with van der Waals surface area (Å²) in [6, 6.07) is 0. The van der Waals surface area contributed by atoms with Crippen LogP contribution >= 0.6 is 0 Å². The fourth-order valence-corrected chi connectivity index (χ4v) is 4.54. The fraction of sp³-hybridized carbons (Fsp3) is 0.684. The minimum atomic E-state index is -0.316. The lowest BCUT2D eigenvalue weighted by molar-refractivity contribution is -0.194. The van der Waals surface area contributed by atoms with E-state index in [1.54, 1.807) is 7.11 Å². The second-order valence-corrected chi connectivity index (χ2v) is 7.19. The molecule has 22 heavy (non-hydrogen) atoms. The van der Waals surface area contributed by atoms with Gasteiger partial charge in [0.2, 0.25) is 0 Å². The molecule has 0 N–H and O–H groups in total. The maximum Gasteiger partial charge on any atom is 0.168 e. The van der Waals surface area contributed by atoms with Crippen LogP contribution in [0, 0.1) is 10.8 Å². The Morgan fingerprint density at radius 2 is 1.82 bits per heavy atom. The molecule has 1 aliphatic heterocycles. The molecule has 122 valence electrons. The summed E-state index contributed by atoms with van der Waals surface area (Å²) in [7, 11) is 1.74. The zero-order valence-corrected chi connectivity index (χ0v) is 14.1. The van der Waals surface area contributed by atoms with E-state index in [9.17, 15) is 0 Å². The topological polar surface area (TPSA) is 27.7 Å². The van der Waals surface area contributed by atoms with E-state index in [4.69, 9.17) is 14.2 Å². The van der Waals surface area contributed by atoms with Crippen molar-refractivity contribution in [2.75, 3.05) is 20.3 Å². The summed E-state index contributed by atoms with van der Waals surface area (Å²) in [6.07, 6.45) is 11.8. The Morgan fingerprint density at radius 1 is 1.18 bits per heavy atom. The first-order chi connectivity index (χ1) is 10.5. The molecular formula is C19H28O3. The monoisotopic (exact) mass is 304 g/mol. The number of hydrogen-bond donors (Lipinski definition) is 0. The van der Waals surface area contributed by atoms with Crippen LogP contribution < -0.4 is 0 Å². The van der Waals surface area contributed by atoms with Crippen LogP contribution in [0.3, 0.4) is 0 Å². The largest absolute Gasteiger partial charge is 0.497 e. The van der Waals surface area contributed by atoms with E-state index in [1.165, 1.54) is 5.57 Å². The number of methoxy groups -OCH3 is 1. The third kappa shape index (κ3) is 2.35. The van der Waals surface area contributed by atoms with E-state index in [-0.39, 0.29) is 16.6 Å². The van der Waals surface area contributed by atoms with Gasteiger partial charge in [-0.3, -0.25) is 0 Å². The normalized spacial score (nSPS) is 33.2. The van der Waals surface area contributed by atoms with E-state index < -0.39 is 0 Å². The third-order valence-corrected chi connectivity index (χ3v) is 6.10. The van der Waals surface area contributed by atoms with Crippen LogP contribution in [0.2, 0.25) is 0 Å². The Labute approximate surface area is 134 Å². The molecule has 3 aliphatic rings. The van der Waals surface area contributed by atoms with Gasteiger partial charge in [-0.25, -0.2) is 0 Å². The third-order valence-electron chi connectivity index (χ3n) is 6.10. The lowest BCUT2D eigenvalue weighted by Crippen LogP contribution is -2.46. The number of allylic oxidation sites excluding steroid dienone is 4. The van der Waals surface area contributed by atoms with Gasteiger partial charge in [-0.05, 0) is 48.7 Å². The van der Waals surface area contributed by atoms with E-state index >= 15 is 0 Å². The van der Waals surface area contributed by atoms with E-state index in [1.807, 2.05) is 0 Å². The van der Waals surface area contributed by atoms with Gasteiger partial charge in [0.05, 0.1) is 20.3 Å². The van der Waals surface area contributed by atoms with Crippen LogP contribution in [0.15, 0.2) is 36.1 Å². The molecule has 0 radical (unpaired) electrons. The average molecular weight is 304 g/mol. The van der Waals surface area contributed by atoms with Crippen molar-refractivity contribution >= 4 is 0 Å². The van der Waals surface area contributed by atoms with Gasteiger partial charge in [-0.1, -0.05) is 19.1 Å². The van der Waals surface area contributed by atoms with Gasteiger partial charge in [0.1, 0.15) is 5.76 Å². The molecule has 2 aliphatic carbocycles. The van der Waals surface area contributed by atoms with E-state index in [0.29, 0.717) is 0 Å². The molecule has 3 heteroatoms. The van der Waals surface area contributed by atoms with Crippen molar-refractivity contribution in [1.82, 2.24) is 0 Å². The van der Waals surface area contributed by atoms with Crippen molar-refractivity contribution in [1.29, 1.82) is 0 Å². The number of hydrogen-bond acceptors (Lipinski definition) is 3. The minimum Gasteiger partial charge on any atom is -0.497 e. The van der Waals surface area contributed by atoms with Gasteiger partial charge in [0.25, 0.3) is 0 Å². The molecule has 1 saturated heterocycles. The molecule has 1 spiro atoms. The van der Waals surface area contributed by atoms with Crippen LogP contribution in [0.1, 0.15) is 46.0 Å². The van der Waals surface area contributed by atoms with Crippen LogP contribution in [-0.2, 0) is 14.2 Å².